The highest BCUT2D eigenvalue weighted by molar-refractivity contribution is 6.36. The maximum absolute atomic E-state index is 6.75. The highest BCUT2D eigenvalue weighted by Crippen LogP contribution is 2.40. The van der Waals surface area contributed by atoms with Crippen LogP contribution in [0.1, 0.15) is 17.5 Å². The second kappa shape index (κ2) is 5.23. The van der Waals surface area contributed by atoms with Crippen LogP contribution in [0.3, 0.4) is 0 Å². The average Bonchev–Trinajstić information content (AvgIpc) is 2.84. The molecule has 0 radical (unpaired) electrons. The molecule has 4 heteroatoms. The fourth-order valence-corrected chi connectivity index (χ4v) is 4.29. The van der Waals surface area contributed by atoms with Crippen LogP contribution in [0, 0.1) is 0 Å². The van der Waals surface area contributed by atoms with Gasteiger partial charge in [-0.3, -0.25) is 0 Å². The minimum absolute atomic E-state index is 0.762. The van der Waals surface area contributed by atoms with E-state index >= 15 is 0 Å². The minimum Gasteiger partial charge on any atom is -0.353 e. The number of pyridine rings is 1. The number of nitrogens with one attached hydrogen (secondary N) is 1. The van der Waals surface area contributed by atoms with E-state index in [1.165, 1.54) is 10.9 Å². The number of benzene rings is 2. The first-order valence-electron chi connectivity index (χ1n) is 8.10. The molecule has 0 unspecified atom stereocenters. The lowest BCUT2D eigenvalue weighted by Gasteiger charge is -2.11. The van der Waals surface area contributed by atoms with Gasteiger partial charge in [-0.1, -0.05) is 41.4 Å². The first-order chi connectivity index (χ1) is 11.7. The Morgan fingerprint density at radius 1 is 0.917 bits per heavy atom. The first-order valence-corrected chi connectivity index (χ1v) is 8.85. The highest BCUT2D eigenvalue weighted by atomic mass is 35.5. The highest BCUT2D eigenvalue weighted by Gasteiger charge is 2.23. The van der Waals surface area contributed by atoms with Crippen molar-refractivity contribution in [3.63, 3.8) is 0 Å². The SMILES string of the molecule is Clc1ccc2[nH]c3c(c2c1)CCCc1c-3nc2ccccc2c1Cl. The predicted octanol–water partition coefficient (Wildman–Crippen LogP) is 6.18. The molecule has 24 heavy (non-hydrogen) atoms. The molecule has 1 aliphatic rings. The van der Waals surface area contributed by atoms with Gasteiger partial charge in [0.25, 0.3) is 0 Å². The summed E-state index contributed by atoms with van der Waals surface area (Å²) in [6.07, 6.45) is 2.99. The zero-order chi connectivity index (χ0) is 16.3. The Bertz CT molecular complexity index is 1110. The number of hydrogen-bond donors (Lipinski definition) is 1. The Labute approximate surface area is 149 Å². The number of hydrogen-bond acceptors (Lipinski definition) is 1. The Hall–Kier alpha value is -2.03. The molecule has 4 aromatic rings. The zero-order valence-corrected chi connectivity index (χ0v) is 14.4. The van der Waals surface area contributed by atoms with Gasteiger partial charge < -0.3 is 4.98 Å². The number of aromatic nitrogens is 2. The van der Waals surface area contributed by atoms with Gasteiger partial charge in [0.15, 0.2) is 0 Å². The van der Waals surface area contributed by atoms with Crippen molar-refractivity contribution < 1.29 is 0 Å². The van der Waals surface area contributed by atoms with E-state index in [1.54, 1.807) is 0 Å². The molecule has 0 amide bonds. The van der Waals surface area contributed by atoms with Gasteiger partial charge in [0.2, 0.25) is 0 Å². The second-order valence-electron chi connectivity index (χ2n) is 6.29. The van der Waals surface area contributed by atoms with E-state index in [4.69, 9.17) is 28.2 Å². The van der Waals surface area contributed by atoms with Crippen molar-refractivity contribution in [3.8, 4) is 11.4 Å². The van der Waals surface area contributed by atoms with E-state index in [0.29, 0.717) is 0 Å². The van der Waals surface area contributed by atoms with Crippen LogP contribution in [0.2, 0.25) is 10.0 Å². The number of H-pyrrole nitrogens is 1. The largest absolute Gasteiger partial charge is 0.353 e. The fraction of sp³-hybridized carbons (Fsp3) is 0.150. The minimum atomic E-state index is 0.762. The van der Waals surface area contributed by atoms with Gasteiger partial charge in [-0.05, 0) is 54.7 Å². The predicted molar refractivity (Wildman–Crippen MR) is 101 cm³/mol. The Morgan fingerprint density at radius 3 is 2.67 bits per heavy atom. The molecule has 0 aliphatic heterocycles. The summed E-state index contributed by atoms with van der Waals surface area (Å²) in [7, 11) is 0. The fourth-order valence-electron chi connectivity index (χ4n) is 3.77. The van der Waals surface area contributed by atoms with Crippen molar-refractivity contribution in [1.82, 2.24) is 9.97 Å². The van der Waals surface area contributed by atoms with Gasteiger partial charge >= 0.3 is 0 Å². The maximum atomic E-state index is 6.75. The van der Waals surface area contributed by atoms with Crippen LogP contribution in [0.15, 0.2) is 42.5 Å². The van der Waals surface area contributed by atoms with Crippen molar-refractivity contribution in [1.29, 1.82) is 0 Å². The van der Waals surface area contributed by atoms with Crippen LogP contribution in [-0.2, 0) is 12.8 Å². The topological polar surface area (TPSA) is 28.7 Å². The third-order valence-corrected chi connectivity index (χ3v) is 5.55. The van der Waals surface area contributed by atoms with Gasteiger partial charge in [-0.2, -0.15) is 0 Å². The molecule has 2 nitrogen and oxygen atoms in total. The molecule has 0 spiro atoms. The third kappa shape index (κ3) is 2.00. The quantitative estimate of drug-likeness (QED) is 0.402. The van der Waals surface area contributed by atoms with Crippen molar-refractivity contribution in [2.45, 2.75) is 19.3 Å². The van der Waals surface area contributed by atoms with E-state index in [-0.39, 0.29) is 0 Å². The summed E-state index contributed by atoms with van der Waals surface area (Å²) in [6, 6.07) is 14.1. The van der Waals surface area contributed by atoms with Crippen LogP contribution < -0.4 is 0 Å². The van der Waals surface area contributed by atoms with Gasteiger partial charge in [-0.15, -0.1) is 0 Å². The Balaban J connectivity index is 1.90. The molecule has 0 fully saturated rings. The normalized spacial score (nSPS) is 13.8. The van der Waals surface area contributed by atoms with E-state index in [1.807, 2.05) is 42.5 Å². The van der Waals surface area contributed by atoms with E-state index in [9.17, 15) is 0 Å². The number of nitrogens with zero attached hydrogens (tertiary/aromatic N) is 1. The third-order valence-electron chi connectivity index (χ3n) is 4.88. The lowest BCUT2D eigenvalue weighted by molar-refractivity contribution is 0.839. The molecule has 2 heterocycles. The smallest absolute Gasteiger partial charge is 0.0922 e. The molecule has 118 valence electrons. The molecule has 2 aromatic carbocycles. The van der Waals surface area contributed by atoms with Crippen molar-refractivity contribution in [2.75, 3.05) is 0 Å². The first kappa shape index (κ1) is 14.3. The zero-order valence-electron chi connectivity index (χ0n) is 12.9. The van der Waals surface area contributed by atoms with Gasteiger partial charge in [0.05, 0.1) is 21.9 Å². The summed E-state index contributed by atoms with van der Waals surface area (Å²) in [5.41, 5.74) is 6.55. The summed E-state index contributed by atoms with van der Waals surface area (Å²) in [4.78, 5) is 8.50. The van der Waals surface area contributed by atoms with E-state index in [2.05, 4.69) is 4.98 Å². The standard InChI is InChI=1S/C20H14Cl2N2/c21-11-8-9-17-15(10-11)12-5-3-6-14-18(22)13-4-1-2-7-16(13)23-20(14)19(12)24-17/h1-2,4,7-10,24H,3,5-6H2. The molecule has 0 atom stereocenters. The molecular formula is C20H14Cl2N2. The molecule has 0 bridgehead atoms. The number of halogens is 2. The number of fused-ring (bicyclic) bond motifs is 6. The molecular weight excluding hydrogens is 339 g/mol. The van der Waals surface area contributed by atoms with Crippen LogP contribution in [0.25, 0.3) is 33.2 Å². The van der Waals surface area contributed by atoms with Crippen molar-refractivity contribution in [3.05, 3.63) is 63.6 Å². The molecule has 2 aromatic heterocycles. The molecule has 1 aliphatic carbocycles. The number of para-hydroxylation sites is 1. The summed E-state index contributed by atoms with van der Waals surface area (Å²) < 4.78 is 0. The Morgan fingerprint density at radius 2 is 1.75 bits per heavy atom. The van der Waals surface area contributed by atoms with Crippen molar-refractivity contribution in [2.24, 2.45) is 0 Å². The van der Waals surface area contributed by atoms with Crippen LogP contribution >= 0.6 is 23.2 Å². The van der Waals surface area contributed by atoms with Gasteiger partial charge in [0, 0.05) is 21.3 Å². The summed E-state index contributed by atoms with van der Waals surface area (Å²) >= 11 is 13.0. The van der Waals surface area contributed by atoms with E-state index in [0.717, 1.165) is 62.7 Å². The monoisotopic (exact) mass is 352 g/mol. The molecule has 5 rings (SSSR count). The molecule has 0 saturated carbocycles. The summed E-state index contributed by atoms with van der Waals surface area (Å²) in [6.45, 7) is 0. The molecule has 1 N–H and O–H groups in total. The Kier molecular flexibility index (Phi) is 3.12. The van der Waals surface area contributed by atoms with Crippen LogP contribution in [0.5, 0.6) is 0 Å². The second-order valence-corrected chi connectivity index (χ2v) is 7.11. The number of rotatable bonds is 0. The maximum Gasteiger partial charge on any atom is 0.0922 e. The summed E-state index contributed by atoms with van der Waals surface area (Å²) in [5.74, 6) is 0. The van der Waals surface area contributed by atoms with Crippen molar-refractivity contribution >= 4 is 45.0 Å². The average molecular weight is 353 g/mol. The number of aryl methyl sites for hydroxylation is 1. The van der Waals surface area contributed by atoms with Gasteiger partial charge in [0.1, 0.15) is 0 Å². The lowest BCUT2D eigenvalue weighted by Crippen LogP contribution is -1.95. The molecule has 0 saturated heterocycles. The number of aromatic amines is 1. The van der Waals surface area contributed by atoms with Crippen LogP contribution in [-0.4, -0.2) is 9.97 Å². The van der Waals surface area contributed by atoms with E-state index < -0.39 is 0 Å². The summed E-state index contributed by atoms with van der Waals surface area (Å²) in [5, 5.41) is 3.82. The van der Waals surface area contributed by atoms with Crippen LogP contribution in [0.4, 0.5) is 0 Å². The lowest BCUT2D eigenvalue weighted by atomic mass is 10.0. The van der Waals surface area contributed by atoms with Gasteiger partial charge in [-0.25, -0.2) is 4.98 Å².